The zero-order valence-electron chi connectivity index (χ0n) is 8.66. The van der Waals surface area contributed by atoms with E-state index in [-0.39, 0.29) is 18.3 Å². The molecule has 1 aromatic carbocycles. The summed E-state index contributed by atoms with van der Waals surface area (Å²) >= 11 is 9.93. The molecule has 0 aliphatic rings. The van der Waals surface area contributed by atoms with Crippen LogP contribution in [-0.2, 0) is 21.8 Å². The van der Waals surface area contributed by atoms with Gasteiger partial charge in [-0.25, -0.2) is 0 Å². The Labute approximate surface area is 104 Å². The molecule has 3 nitrogen and oxygen atoms in total. The molecule has 0 aromatic heterocycles. The first-order valence-electron chi connectivity index (χ1n) is 4.50. The van der Waals surface area contributed by atoms with Gasteiger partial charge in [0, 0.05) is 10.8 Å². The number of halogens is 1. The maximum atomic E-state index is 11.1. The van der Waals surface area contributed by atoms with Gasteiger partial charge < -0.3 is 4.74 Å². The van der Waals surface area contributed by atoms with Crippen LogP contribution < -0.4 is 0 Å². The fourth-order valence-electron chi connectivity index (χ4n) is 1.28. The number of nitrogens with zero attached hydrogens (tertiary/aromatic N) is 1. The lowest BCUT2D eigenvalue weighted by Gasteiger charge is -2.08. The largest absolute Gasteiger partial charge is 0.469 e. The van der Waals surface area contributed by atoms with Crippen molar-refractivity contribution in [2.45, 2.75) is 17.2 Å². The third kappa shape index (κ3) is 2.69. The Bertz CT molecular complexity index is 454. The van der Waals surface area contributed by atoms with E-state index >= 15 is 0 Å². The first-order valence-corrected chi connectivity index (χ1v) is 5.48. The number of benzene rings is 1. The summed E-state index contributed by atoms with van der Waals surface area (Å²) in [5.41, 5.74) is 1.79. The predicted molar refractivity (Wildman–Crippen MR) is 63.7 cm³/mol. The molecular formula is C11H10ClNO2S. The standard InChI is InChI=1S/C11H10ClNO2S/c1-15-10(14)4-7-2-3-8(5-12)9(6-13)11(7)16/h2-3,16H,4-5H2,1H3. The molecule has 0 saturated carbocycles. The zero-order chi connectivity index (χ0) is 12.1. The van der Waals surface area contributed by atoms with E-state index in [4.69, 9.17) is 16.9 Å². The molecule has 0 fully saturated rings. The second kappa shape index (κ2) is 5.78. The Morgan fingerprint density at radius 1 is 1.56 bits per heavy atom. The van der Waals surface area contributed by atoms with E-state index in [1.165, 1.54) is 7.11 Å². The number of carbonyl (C=O) groups is 1. The minimum atomic E-state index is -0.363. The van der Waals surface area contributed by atoms with E-state index < -0.39 is 0 Å². The first kappa shape index (κ1) is 12.9. The smallest absolute Gasteiger partial charge is 0.310 e. The third-order valence-corrected chi connectivity index (χ3v) is 2.96. The van der Waals surface area contributed by atoms with Gasteiger partial charge in [0.2, 0.25) is 0 Å². The van der Waals surface area contributed by atoms with Gasteiger partial charge >= 0.3 is 5.97 Å². The Kier molecular flexibility index (Phi) is 4.66. The fourth-order valence-corrected chi connectivity index (χ4v) is 1.85. The highest BCUT2D eigenvalue weighted by Gasteiger charge is 2.12. The third-order valence-electron chi connectivity index (χ3n) is 2.17. The summed E-state index contributed by atoms with van der Waals surface area (Å²) < 4.78 is 4.56. The van der Waals surface area contributed by atoms with Crippen molar-refractivity contribution in [3.05, 3.63) is 28.8 Å². The number of nitriles is 1. The number of alkyl halides is 1. The van der Waals surface area contributed by atoms with Gasteiger partial charge in [-0.3, -0.25) is 4.79 Å². The Hall–Kier alpha value is -1.18. The van der Waals surface area contributed by atoms with Crippen LogP contribution in [-0.4, -0.2) is 13.1 Å². The number of ether oxygens (including phenoxy) is 1. The van der Waals surface area contributed by atoms with Crippen molar-refractivity contribution in [3.63, 3.8) is 0 Å². The van der Waals surface area contributed by atoms with Crippen molar-refractivity contribution >= 4 is 30.2 Å². The summed E-state index contributed by atoms with van der Waals surface area (Å²) in [5.74, 6) is -0.118. The van der Waals surface area contributed by atoms with Crippen molar-refractivity contribution in [1.29, 1.82) is 5.26 Å². The van der Waals surface area contributed by atoms with E-state index in [0.717, 1.165) is 0 Å². The molecule has 0 spiro atoms. The lowest BCUT2D eigenvalue weighted by Crippen LogP contribution is -2.06. The maximum absolute atomic E-state index is 11.1. The molecule has 0 amide bonds. The van der Waals surface area contributed by atoms with E-state index in [0.29, 0.717) is 21.6 Å². The summed E-state index contributed by atoms with van der Waals surface area (Å²) in [6.45, 7) is 0. The van der Waals surface area contributed by atoms with Crippen molar-refractivity contribution in [2.75, 3.05) is 7.11 Å². The molecule has 0 aliphatic carbocycles. The van der Waals surface area contributed by atoms with Gasteiger partial charge in [-0.15, -0.1) is 24.2 Å². The number of esters is 1. The average molecular weight is 256 g/mol. The average Bonchev–Trinajstić information content (AvgIpc) is 2.31. The summed E-state index contributed by atoms with van der Waals surface area (Å²) in [5, 5.41) is 8.97. The fraction of sp³-hybridized carbons (Fsp3) is 0.273. The van der Waals surface area contributed by atoms with Crippen molar-refractivity contribution in [2.24, 2.45) is 0 Å². The molecule has 0 unspecified atom stereocenters. The van der Waals surface area contributed by atoms with E-state index in [9.17, 15) is 4.79 Å². The van der Waals surface area contributed by atoms with Crippen molar-refractivity contribution in [3.8, 4) is 6.07 Å². The SMILES string of the molecule is COC(=O)Cc1ccc(CCl)c(C#N)c1S. The van der Waals surface area contributed by atoms with Crippen LogP contribution in [0.25, 0.3) is 0 Å². The second-order valence-corrected chi connectivity index (χ2v) is 3.82. The molecule has 84 valence electrons. The number of thiol groups is 1. The van der Waals surface area contributed by atoms with Crippen LogP contribution in [0.15, 0.2) is 17.0 Å². The molecule has 0 radical (unpaired) electrons. The second-order valence-electron chi connectivity index (χ2n) is 3.11. The molecule has 1 aromatic rings. The highest BCUT2D eigenvalue weighted by atomic mass is 35.5. The topological polar surface area (TPSA) is 50.1 Å². The molecule has 0 atom stereocenters. The van der Waals surface area contributed by atoms with Gasteiger partial charge in [-0.1, -0.05) is 12.1 Å². The van der Waals surface area contributed by atoms with Crippen LogP contribution in [0.3, 0.4) is 0 Å². The van der Waals surface area contributed by atoms with Gasteiger partial charge in [0.05, 0.1) is 19.1 Å². The van der Waals surface area contributed by atoms with Crippen molar-refractivity contribution in [1.82, 2.24) is 0 Å². The van der Waals surface area contributed by atoms with E-state index in [1.54, 1.807) is 12.1 Å². The van der Waals surface area contributed by atoms with E-state index in [2.05, 4.69) is 17.4 Å². The molecule has 5 heteroatoms. The van der Waals surface area contributed by atoms with Gasteiger partial charge in [-0.2, -0.15) is 5.26 Å². The monoisotopic (exact) mass is 255 g/mol. The lowest BCUT2D eigenvalue weighted by molar-refractivity contribution is -0.139. The maximum Gasteiger partial charge on any atom is 0.310 e. The van der Waals surface area contributed by atoms with Crippen molar-refractivity contribution < 1.29 is 9.53 Å². The minimum absolute atomic E-state index is 0.104. The lowest BCUT2D eigenvalue weighted by atomic mass is 10.0. The number of hydrogen-bond acceptors (Lipinski definition) is 4. The van der Waals surface area contributed by atoms with E-state index in [1.807, 2.05) is 6.07 Å². The van der Waals surface area contributed by atoms with Gasteiger partial charge in [0.1, 0.15) is 6.07 Å². The van der Waals surface area contributed by atoms with Crippen LogP contribution in [0.4, 0.5) is 0 Å². The number of hydrogen-bond donors (Lipinski definition) is 1. The first-order chi connectivity index (χ1) is 7.63. The molecule has 0 heterocycles. The molecule has 1 rings (SSSR count). The van der Waals surface area contributed by atoms with Crippen LogP contribution in [0, 0.1) is 11.3 Å². The summed E-state index contributed by atoms with van der Waals surface area (Å²) in [7, 11) is 1.32. The Morgan fingerprint density at radius 2 is 2.19 bits per heavy atom. The highest BCUT2D eigenvalue weighted by molar-refractivity contribution is 7.80. The summed E-state index contributed by atoms with van der Waals surface area (Å²) in [4.78, 5) is 11.6. The highest BCUT2D eigenvalue weighted by Crippen LogP contribution is 2.24. The van der Waals surface area contributed by atoms with Crippen LogP contribution in [0.1, 0.15) is 16.7 Å². The summed E-state index contributed by atoms with van der Waals surface area (Å²) in [6.07, 6.45) is 0.104. The molecule has 0 saturated heterocycles. The normalized spacial score (nSPS) is 9.62. The zero-order valence-corrected chi connectivity index (χ0v) is 10.3. The minimum Gasteiger partial charge on any atom is -0.469 e. The van der Waals surface area contributed by atoms with Crippen LogP contribution in [0.5, 0.6) is 0 Å². The van der Waals surface area contributed by atoms with Gasteiger partial charge in [-0.05, 0) is 11.1 Å². The Balaban J connectivity index is 3.15. The number of carbonyl (C=O) groups excluding carboxylic acids is 1. The van der Waals surface area contributed by atoms with Gasteiger partial charge in [0.25, 0.3) is 0 Å². The molecule has 0 bridgehead atoms. The van der Waals surface area contributed by atoms with Crippen LogP contribution in [0.2, 0.25) is 0 Å². The number of methoxy groups -OCH3 is 1. The quantitative estimate of drug-likeness (QED) is 0.512. The molecular weight excluding hydrogens is 246 g/mol. The van der Waals surface area contributed by atoms with Gasteiger partial charge in [0.15, 0.2) is 0 Å². The predicted octanol–water partition coefficient (Wildman–Crippen LogP) is 2.30. The number of rotatable bonds is 3. The Morgan fingerprint density at radius 3 is 2.69 bits per heavy atom. The molecule has 0 N–H and O–H groups in total. The summed E-state index contributed by atoms with van der Waals surface area (Å²) in [6, 6.07) is 5.49. The molecule has 16 heavy (non-hydrogen) atoms. The molecule has 0 aliphatic heterocycles. The van der Waals surface area contributed by atoms with Crippen LogP contribution >= 0.6 is 24.2 Å².